The maximum absolute atomic E-state index is 12.4. The second-order valence-corrected chi connectivity index (χ2v) is 6.78. The van der Waals surface area contributed by atoms with Gasteiger partial charge in [-0.05, 0) is 48.0 Å². The lowest BCUT2D eigenvalue weighted by molar-refractivity contribution is -0.123. The van der Waals surface area contributed by atoms with Crippen molar-refractivity contribution in [2.24, 2.45) is 0 Å². The van der Waals surface area contributed by atoms with Gasteiger partial charge in [0.05, 0.1) is 0 Å². The fraction of sp³-hybridized carbons (Fsp3) is 0.100. The quantitative estimate of drug-likeness (QED) is 0.598. The van der Waals surface area contributed by atoms with Gasteiger partial charge in [0, 0.05) is 15.7 Å². The lowest BCUT2D eigenvalue weighted by Crippen LogP contribution is -2.30. The summed E-state index contributed by atoms with van der Waals surface area (Å²) in [5.41, 5.74) is 0.369. The van der Waals surface area contributed by atoms with Crippen molar-refractivity contribution in [2.45, 2.75) is 13.0 Å². The Balaban J connectivity index is 1.73. The van der Waals surface area contributed by atoms with Crippen molar-refractivity contribution in [1.82, 2.24) is 0 Å². The van der Waals surface area contributed by atoms with E-state index in [9.17, 15) is 14.7 Å². The highest BCUT2D eigenvalue weighted by Gasteiger charge is 2.21. The van der Waals surface area contributed by atoms with E-state index in [-0.39, 0.29) is 11.3 Å². The van der Waals surface area contributed by atoms with E-state index in [1.54, 1.807) is 0 Å². The van der Waals surface area contributed by atoms with Crippen molar-refractivity contribution in [2.75, 3.05) is 5.32 Å². The molecule has 3 rings (SSSR count). The third-order valence-electron chi connectivity index (χ3n) is 3.87. The van der Waals surface area contributed by atoms with Gasteiger partial charge in [-0.25, -0.2) is 4.79 Å². The fourth-order valence-electron chi connectivity index (χ4n) is 2.54. The molecule has 1 unspecified atom stereocenters. The van der Waals surface area contributed by atoms with E-state index in [0.717, 1.165) is 10.8 Å². The number of halogens is 2. The minimum Gasteiger partial charge on any atom is -0.507 e. The maximum Gasteiger partial charge on any atom is 0.342 e. The van der Waals surface area contributed by atoms with Gasteiger partial charge < -0.3 is 15.2 Å². The molecule has 27 heavy (non-hydrogen) atoms. The van der Waals surface area contributed by atoms with Crippen LogP contribution >= 0.6 is 23.2 Å². The van der Waals surface area contributed by atoms with Crippen molar-refractivity contribution in [1.29, 1.82) is 0 Å². The van der Waals surface area contributed by atoms with Gasteiger partial charge >= 0.3 is 5.97 Å². The number of phenolic OH excluding ortho intramolecular Hbond substituents is 1. The Kier molecular flexibility index (Phi) is 5.54. The van der Waals surface area contributed by atoms with Crippen LogP contribution in [0.5, 0.6) is 5.75 Å². The normalized spacial score (nSPS) is 11.8. The van der Waals surface area contributed by atoms with E-state index in [0.29, 0.717) is 15.7 Å². The Hall–Kier alpha value is -2.76. The van der Waals surface area contributed by atoms with Crippen molar-refractivity contribution < 1.29 is 19.4 Å². The molecule has 7 heteroatoms. The van der Waals surface area contributed by atoms with Crippen molar-refractivity contribution >= 4 is 51.5 Å². The highest BCUT2D eigenvalue weighted by atomic mass is 35.5. The fourth-order valence-corrected chi connectivity index (χ4v) is 3.07. The Morgan fingerprint density at radius 3 is 2.22 bits per heavy atom. The first-order chi connectivity index (χ1) is 12.8. The Labute approximate surface area is 165 Å². The summed E-state index contributed by atoms with van der Waals surface area (Å²) in [6.07, 6.45) is -1.10. The van der Waals surface area contributed by atoms with Gasteiger partial charge in [-0.2, -0.15) is 0 Å². The van der Waals surface area contributed by atoms with Gasteiger partial charge in [-0.15, -0.1) is 0 Å². The first-order valence-corrected chi connectivity index (χ1v) is 8.79. The van der Waals surface area contributed by atoms with E-state index in [4.69, 9.17) is 27.9 Å². The molecule has 0 fully saturated rings. The van der Waals surface area contributed by atoms with Crippen LogP contribution in [0.15, 0.2) is 54.6 Å². The monoisotopic (exact) mass is 403 g/mol. The summed E-state index contributed by atoms with van der Waals surface area (Å²) in [7, 11) is 0. The molecule has 2 N–H and O–H groups in total. The summed E-state index contributed by atoms with van der Waals surface area (Å²) >= 11 is 11.8. The second-order valence-electron chi connectivity index (χ2n) is 5.91. The molecule has 3 aromatic rings. The number of amides is 1. The first-order valence-electron chi connectivity index (χ1n) is 8.03. The number of hydrogen-bond donors (Lipinski definition) is 2. The van der Waals surface area contributed by atoms with Gasteiger partial charge in [0.15, 0.2) is 6.10 Å². The summed E-state index contributed by atoms with van der Waals surface area (Å²) in [5.74, 6) is -1.57. The number of rotatable bonds is 4. The molecule has 0 aliphatic carbocycles. The molecule has 0 saturated carbocycles. The van der Waals surface area contributed by atoms with Crippen LogP contribution in [-0.4, -0.2) is 23.1 Å². The molecular weight excluding hydrogens is 389 g/mol. The van der Waals surface area contributed by atoms with Crippen LogP contribution in [0.3, 0.4) is 0 Å². The number of benzene rings is 3. The smallest absolute Gasteiger partial charge is 0.342 e. The molecule has 0 saturated heterocycles. The second kappa shape index (κ2) is 7.86. The minimum absolute atomic E-state index is 0.0147. The summed E-state index contributed by atoms with van der Waals surface area (Å²) in [6.45, 7) is 1.43. The molecule has 5 nitrogen and oxygen atoms in total. The zero-order chi connectivity index (χ0) is 19.6. The molecule has 0 spiro atoms. The summed E-state index contributed by atoms with van der Waals surface area (Å²) in [4.78, 5) is 24.6. The number of phenols is 1. The van der Waals surface area contributed by atoms with Crippen LogP contribution in [0, 0.1) is 0 Å². The number of ether oxygens (including phenoxy) is 1. The van der Waals surface area contributed by atoms with Gasteiger partial charge in [0.2, 0.25) is 0 Å². The van der Waals surface area contributed by atoms with Crippen LogP contribution in [0.1, 0.15) is 17.3 Å². The summed E-state index contributed by atoms with van der Waals surface area (Å²) < 4.78 is 5.18. The van der Waals surface area contributed by atoms with Gasteiger partial charge in [-0.3, -0.25) is 4.79 Å². The average Bonchev–Trinajstić information content (AvgIpc) is 2.60. The van der Waals surface area contributed by atoms with Crippen LogP contribution in [-0.2, 0) is 9.53 Å². The predicted octanol–water partition coefficient (Wildman–Crippen LogP) is 5.04. The van der Waals surface area contributed by atoms with Gasteiger partial charge in [-0.1, -0.05) is 47.5 Å². The lowest BCUT2D eigenvalue weighted by atomic mass is 10.1. The predicted molar refractivity (Wildman–Crippen MR) is 106 cm³/mol. The maximum atomic E-state index is 12.4. The van der Waals surface area contributed by atoms with Crippen LogP contribution < -0.4 is 5.32 Å². The van der Waals surface area contributed by atoms with E-state index in [1.807, 2.05) is 24.3 Å². The highest BCUT2D eigenvalue weighted by molar-refractivity contribution is 6.35. The topological polar surface area (TPSA) is 75.6 Å². The number of esters is 1. The van der Waals surface area contributed by atoms with Crippen LogP contribution in [0.2, 0.25) is 10.0 Å². The standard InChI is InChI=1S/C20H15Cl2NO4/c1-11(19(25)23-16-9-14(21)8-15(22)10-16)27-20(26)17-6-12-4-2-3-5-13(12)7-18(17)24/h2-11,24H,1H3,(H,23,25). The molecule has 138 valence electrons. The molecule has 1 amide bonds. The van der Waals surface area contributed by atoms with E-state index < -0.39 is 18.0 Å². The Morgan fingerprint density at radius 2 is 1.59 bits per heavy atom. The number of hydrogen-bond acceptors (Lipinski definition) is 4. The number of carbonyl (C=O) groups is 2. The molecule has 1 atom stereocenters. The Bertz CT molecular complexity index is 1020. The van der Waals surface area contributed by atoms with E-state index in [2.05, 4.69) is 5.32 Å². The third-order valence-corrected chi connectivity index (χ3v) is 4.30. The van der Waals surface area contributed by atoms with Crippen molar-refractivity contribution in [3.05, 3.63) is 70.2 Å². The molecule has 0 heterocycles. The largest absolute Gasteiger partial charge is 0.507 e. The molecule has 0 aliphatic rings. The van der Waals surface area contributed by atoms with Gasteiger partial charge in [0.1, 0.15) is 11.3 Å². The highest BCUT2D eigenvalue weighted by Crippen LogP contribution is 2.26. The van der Waals surface area contributed by atoms with Gasteiger partial charge in [0.25, 0.3) is 5.91 Å². The average molecular weight is 404 g/mol. The molecule has 0 radical (unpaired) electrons. The number of anilines is 1. The molecule has 0 aliphatic heterocycles. The SMILES string of the molecule is CC(OC(=O)c1cc2ccccc2cc1O)C(=O)Nc1cc(Cl)cc(Cl)c1. The van der Waals surface area contributed by atoms with E-state index in [1.165, 1.54) is 37.3 Å². The first kappa shape index (κ1) is 19.0. The lowest BCUT2D eigenvalue weighted by Gasteiger charge is -2.15. The third kappa shape index (κ3) is 4.51. The van der Waals surface area contributed by atoms with E-state index >= 15 is 0 Å². The van der Waals surface area contributed by atoms with Crippen LogP contribution in [0.4, 0.5) is 5.69 Å². The Morgan fingerprint density at radius 1 is 1.00 bits per heavy atom. The van der Waals surface area contributed by atoms with Crippen molar-refractivity contribution in [3.8, 4) is 5.75 Å². The minimum atomic E-state index is -1.10. The van der Waals surface area contributed by atoms with Crippen molar-refractivity contribution in [3.63, 3.8) is 0 Å². The number of aromatic hydroxyl groups is 1. The molecule has 0 aromatic heterocycles. The number of fused-ring (bicyclic) bond motifs is 1. The molecule has 0 bridgehead atoms. The number of carbonyl (C=O) groups excluding carboxylic acids is 2. The van der Waals surface area contributed by atoms with Crippen LogP contribution in [0.25, 0.3) is 10.8 Å². The molecular formula is C20H15Cl2NO4. The summed E-state index contributed by atoms with van der Waals surface area (Å²) in [6, 6.07) is 14.9. The molecule has 3 aromatic carbocycles. The zero-order valence-electron chi connectivity index (χ0n) is 14.2. The summed E-state index contributed by atoms with van der Waals surface area (Å²) in [5, 5.41) is 15.0. The zero-order valence-corrected chi connectivity index (χ0v) is 15.7. The number of nitrogens with one attached hydrogen (secondary N) is 1.